The van der Waals surface area contributed by atoms with E-state index in [0.717, 1.165) is 36.2 Å². The fraction of sp³-hybridized carbons (Fsp3) is 0.389. The van der Waals surface area contributed by atoms with E-state index in [0.29, 0.717) is 16.8 Å². The maximum Gasteiger partial charge on any atom is 0.252 e. The van der Waals surface area contributed by atoms with Gasteiger partial charge in [-0.25, -0.2) is 4.52 Å². The molecule has 8 nitrogen and oxygen atoms in total. The first kappa shape index (κ1) is 17.9. The van der Waals surface area contributed by atoms with Gasteiger partial charge in [0.05, 0.1) is 30.8 Å². The van der Waals surface area contributed by atoms with Gasteiger partial charge in [-0.15, -0.1) is 0 Å². The van der Waals surface area contributed by atoms with E-state index in [2.05, 4.69) is 15.1 Å². The Hall–Kier alpha value is -2.87. The Morgan fingerprint density at radius 3 is 2.65 bits per heavy atom. The fourth-order valence-corrected chi connectivity index (χ4v) is 3.14. The molecule has 2 N–H and O–H groups in total. The number of pyridine rings is 1. The molecule has 0 spiro atoms. The molecule has 8 heteroatoms. The Balaban J connectivity index is 2.22. The highest BCUT2D eigenvalue weighted by Crippen LogP contribution is 2.33. The third kappa shape index (κ3) is 3.28. The molecule has 0 atom stereocenters. The van der Waals surface area contributed by atoms with Gasteiger partial charge >= 0.3 is 0 Å². The molecule has 0 bridgehead atoms. The number of fused-ring (bicyclic) bond motifs is 1. The quantitative estimate of drug-likeness (QED) is 0.690. The number of methoxy groups -OCH3 is 1. The number of primary amides is 1. The molecule has 26 heavy (non-hydrogen) atoms. The number of hydrogen-bond acceptors (Lipinski definition) is 5. The monoisotopic (exact) mass is 356 g/mol. The van der Waals surface area contributed by atoms with Crippen molar-refractivity contribution in [1.82, 2.24) is 24.3 Å². The second-order valence-corrected chi connectivity index (χ2v) is 6.57. The number of rotatable bonds is 7. The number of carbonyl (C=O) groups excluding carboxylic acids is 1. The molecule has 3 aromatic rings. The van der Waals surface area contributed by atoms with Crippen molar-refractivity contribution in [3.63, 3.8) is 0 Å². The number of amides is 1. The minimum Gasteiger partial charge on any atom is -0.494 e. The van der Waals surface area contributed by atoms with Gasteiger partial charge in [0.2, 0.25) is 0 Å². The molecule has 138 valence electrons. The minimum absolute atomic E-state index is 0.355. The molecule has 3 aromatic heterocycles. The molecule has 0 unspecified atom stereocenters. The zero-order valence-electron chi connectivity index (χ0n) is 15.6. The molecule has 3 heterocycles. The molecule has 1 amide bonds. The van der Waals surface area contributed by atoms with Gasteiger partial charge in [0.15, 0.2) is 0 Å². The summed E-state index contributed by atoms with van der Waals surface area (Å²) in [5, 5.41) is 8.71. The van der Waals surface area contributed by atoms with E-state index in [-0.39, 0.29) is 0 Å². The number of nitrogens with zero attached hydrogens (tertiary/aromatic N) is 5. The van der Waals surface area contributed by atoms with Crippen LogP contribution < -0.4 is 10.5 Å². The molecule has 0 aliphatic carbocycles. The third-order valence-corrected chi connectivity index (χ3v) is 4.36. The van der Waals surface area contributed by atoms with Crippen LogP contribution in [0.25, 0.3) is 16.6 Å². The van der Waals surface area contributed by atoms with Crippen LogP contribution in [-0.2, 0) is 13.5 Å². The Bertz CT molecular complexity index is 941. The van der Waals surface area contributed by atoms with Crippen LogP contribution in [0.3, 0.4) is 0 Å². The summed E-state index contributed by atoms with van der Waals surface area (Å²) < 4.78 is 9.07. The van der Waals surface area contributed by atoms with E-state index >= 15 is 0 Å². The molecule has 0 aromatic carbocycles. The normalized spacial score (nSPS) is 11.4. The number of nitrogens with two attached hydrogens (primary N) is 1. The Morgan fingerprint density at radius 2 is 2.08 bits per heavy atom. The first-order valence-corrected chi connectivity index (χ1v) is 8.43. The maximum absolute atomic E-state index is 11.8. The summed E-state index contributed by atoms with van der Waals surface area (Å²) >= 11 is 0. The van der Waals surface area contributed by atoms with Crippen LogP contribution in [-0.4, -0.2) is 58.0 Å². The van der Waals surface area contributed by atoms with E-state index < -0.39 is 5.91 Å². The van der Waals surface area contributed by atoms with Crippen LogP contribution in [0.4, 0.5) is 0 Å². The van der Waals surface area contributed by atoms with Crippen LogP contribution >= 0.6 is 0 Å². The highest BCUT2D eigenvalue weighted by Gasteiger charge is 2.21. The standard InChI is InChI=1S/C18H24N6O2/c1-22(2)7-5-6-15-13(12-9-20-23(3)11-12)8-16(26-4)17-14(18(19)25)10-21-24(15)17/h8-11H,5-7H2,1-4H3,(H2,19,25). The Kier molecular flexibility index (Phi) is 4.94. The van der Waals surface area contributed by atoms with Crippen LogP contribution in [0.1, 0.15) is 22.5 Å². The van der Waals surface area contributed by atoms with Gasteiger partial charge in [-0.2, -0.15) is 10.2 Å². The first-order valence-electron chi connectivity index (χ1n) is 8.43. The van der Waals surface area contributed by atoms with E-state index in [1.807, 2.05) is 39.6 Å². The van der Waals surface area contributed by atoms with Crippen molar-refractivity contribution < 1.29 is 9.53 Å². The molecule has 0 saturated carbocycles. The van der Waals surface area contributed by atoms with Crippen molar-refractivity contribution in [1.29, 1.82) is 0 Å². The van der Waals surface area contributed by atoms with Crippen molar-refractivity contribution >= 4 is 11.4 Å². The summed E-state index contributed by atoms with van der Waals surface area (Å²) in [5.41, 5.74) is 9.45. The lowest BCUT2D eigenvalue weighted by atomic mass is 10.0. The molecular formula is C18H24N6O2. The number of ether oxygens (including phenoxy) is 1. The van der Waals surface area contributed by atoms with Gasteiger partial charge in [0.1, 0.15) is 11.3 Å². The summed E-state index contributed by atoms with van der Waals surface area (Å²) in [7, 11) is 7.55. The zero-order valence-corrected chi connectivity index (χ0v) is 15.6. The van der Waals surface area contributed by atoms with E-state index in [1.165, 1.54) is 6.20 Å². The predicted molar refractivity (Wildman–Crippen MR) is 99.3 cm³/mol. The van der Waals surface area contributed by atoms with Crippen LogP contribution in [0.2, 0.25) is 0 Å². The highest BCUT2D eigenvalue weighted by molar-refractivity contribution is 6.01. The van der Waals surface area contributed by atoms with Crippen molar-refractivity contribution in [2.24, 2.45) is 12.8 Å². The van der Waals surface area contributed by atoms with Crippen molar-refractivity contribution in [3.05, 3.63) is 35.9 Å². The number of aromatic nitrogens is 4. The van der Waals surface area contributed by atoms with Crippen molar-refractivity contribution in [2.75, 3.05) is 27.7 Å². The van der Waals surface area contributed by atoms with Gasteiger partial charge in [0, 0.05) is 24.4 Å². The van der Waals surface area contributed by atoms with E-state index in [1.54, 1.807) is 16.3 Å². The molecule has 0 radical (unpaired) electrons. The second-order valence-electron chi connectivity index (χ2n) is 6.57. The van der Waals surface area contributed by atoms with Crippen LogP contribution in [0, 0.1) is 0 Å². The predicted octanol–water partition coefficient (Wildman–Crippen LogP) is 1.34. The average molecular weight is 356 g/mol. The molecule has 0 aliphatic heterocycles. The lowest BCUT2D eigenvalue weighted by molar-refractivity contribution is 0.100. The maximum atomic E-state index is 11.8. The largest absolute Gasteiger partial charge is 0.494 e. The van der Waals surface area contributed by atoms with Gasteiger partial charge < -0.3 is 15.4 Å². The van der Waals surface area contributed by atoms with Gasteiger partial charge in [-0.3, -0.25) is 9.48 Å². The summed E-state index contributed by atoms with van der Waals surface area (Å²) in [6.45, 7) is 0.948. The van der Waals surface area contributed by atoms with Gasteiger partial charge in [-0.05, 0) is 39.5 Å². The van der Waals surface area contributed by atoms with Gasteiger partial charge in [0.25, 0.3) is 5.91 Å². The van der Waals surface area contributed by atoms with Gasteiger partial charge in [-0.1, -0.05) is 0 Å². The van der Waals surface area contributed by atoms with Crippen molar-refractivity contribution in [3.8, 4) is 16.9 Å². The topological polar surface area (TPSA) is 90.7 Å². The average Bonchev–Trinajstić information content (AvgIpc) is 3.21. The number of hydrogen-bond donors (Lipinski definition) is 1. The summed E-state index contributed by atoms with van der Waals surface area (Å²) in [4.78, 5) is 14.0. The zero-order chi connectivity index (χ0) is 18.8. The van der Waals surface area contributed by atoms with Crippen LogP contribution in [0.15, 0.2) is 24.7 Å². The molecular weight excluding hydrogens is 332 g/mol. The Morgan fingerprint density at radius 1 is 1.31 bits per heavy atom. The SMILES string of the molecule is COc1cc(-c2cnn(C)c2)c(CCCN(C)C)n2ncc(C(N)=O)c12. The highest BCUT2D eigenvalue weighted by atomic mass is 16.5. The number of carbonyl (C=O) groups is 1. The third-order valence-electron chi connectivity index (χ3n) is 4.36. The number of aryl methyl sites for hydroxylation is 2. The first-order chi connectivity index (χ1) is 12.4. The van der Waals surface area contributed by atoms with Crippen molar-refractivity contribution in [2.45, 2.75) is 12.8 Å². The molecule has 0 aliphatic rings. The lowest BCUT2D eigenvalue weighted by Crippen LogP contribution is -2.15. The van der Waals surface area contributed by atoms with E-state index in [4.69, 9.17) is 10.5 Å². The molecule has 0 fully saturated rings. The minimum atomic E-state index is -0.522. The summed E-state index contributed by atoms with van der Waals surface area (Å²) in [6, 6.07) is 1.94. The lowest BCUT2D eigenvalue weighted by Gasteiger charge is -2.15. The second kappa shape index (κ2) is 7.17. The van der Waals surface area contributed by atoms with E-state index in [9.17, 15) is 4.79 Å². The summed E-state index contributed by atoms with van der Waals surface area (Å²) in [5.74, 6) is 0.0400. The molecule has 3 rings (SSSR count). The fourth-order valence-electron chi connectivity index (χ4n) is 3.14. The summed E-state index contributed by atoms with van der Waals surface area (Å²) in [6.07, 6.45) is 7.02. The van der Waals surface area contributed by atoms with Crippen LogP contribution in [0.5, 0.6) is 5.75 Å². The Labute approximate surface area is 152 Å². The molecule has 0 saturated heterocycles. The smallest absolute Gasteiger partial charge is 0.252 e.